The molecule has 0 atom stereocenters. The molecule has 2 aromatic carbocycles. The van der Waals surface area contributed by atoms with E-state index in [1.807, 2.05) is 48.5 Å². The third-order valence-corrected chi connectivity index (χ3v) is 6.71. The molecule has 0 unspecified atom stereocenters. The van der Waals surface area contributed by atoms with Crippen molar-refractivity contribution in [3.63, 3.8) is 0 Å². The Morgan fingerprint density at radius 2 is 1.86 bits per heavy atom. The summed E-state index contributed by atoms with van der Waals surface area (Å²) in [5.74, 6) is 2.81. The fraction of sp³-hybridized carbons (Fsp3) is 0.407. The molecule has 0 spiro atoms. The number of fused-ring (bicyclic) bond motifs is 2. The lowest BCUT2D eigenvalue weighted by atomic mass is 9.86. The first-order valence-electron chi connectivity index (χ1n) is 12.4. The molecule has 8 heteroatoms. The minimum atomic E-state index is -0.270. The zero-order chi connectivity index (χ0) is 24.0. The van der Waals surface area contributed by atoms with Crippen molar-refractivity contribution < 1.29 is 14.2 Å². The average molecular weight is 477 g/mol. The predicted molar refractivity (Wildman–Crippen MR) is 135 cm³/mol. The molecular formula is C27H32N4O4. The van der Waals surface area contributed by atoms with Crippen LogP contribution >= 0.6 is 0 Å². The lowest BCUT2D eigenvalue weighted by Gasteiger charge is -2.30. The van der Waals surface area contributed by atoms with Gasteiger partial charge in [-0.25, -0.2) is 4.79 Å². The summed E-state index contributed by atoms with van der Waals surface area (Å²) < 4.78 is 19.6. The Balaban J connectivity index is 1.19. The molecule has 1 aliphatic heterocycles. The number of ether oxygens (including phenoxy) is 3. The van der Waals surface area contributed by atoms with Crippen molar-refractivity contribution >= 4 is 11.5 Å². The topological polar surface area (TPSA) is 101 Å². The first kappa shape index (κ1) is 23.4. The Hall–Kier alpha value is -3.36. The normalized spacial score (nSPS) is 18.7. The number of nitrogens with one attached hydrogen (secondary N) is 1. The van der Waals surface area contributed by atoms with Gasteiger partial charge in [0.1, 0.15) is 11.4 Å². The molecule has 1 saturated carbocycles. The highest BCUT2D eigenvalue weighted by Gasteiger charge is 2.26. The second kappa shape index (κ2) is 10.9. The Morgan fingerprint density at radius 3 is 2.66 bits per heavy atom. The Bertz CT molecular complexity index is 1190. The third kappa shape index (κ3) is 5.49. The van der Waals surface area contributed by atoms with Gasteiger partial charge >= 0.3 is 5.69 Å². The minimum Gasteiger partial charge on any atom is -0.491 e. The molecule has 184 valence electrons. The van der Waals surface area contributed by atoms with Gasteiger partial charge in [0, 0.05) is 12.5 Å². The maximum Gasteiger partial charge on any atom is 0.350 e. The molecule has 8 nitrogen and oxygen atoms in total. The fourth-order valence-corrected chi connectivity index (χ4v) is 4.72. The molecular weight excluding hydrogens is 444 g/mol. The molecule has 0 bridgehead atoms. The molecule has 3 N–H and O–H groups in total. The summed E-state index contributed by atoms with van der Waals surface area (Å²) in [6.45, 7) is 2.40. The maximum absolute atomic E-state index is 12.8. The van der Waals surface area contributed by atoms with Crippen LogP contribution in [0.5, 0.6) is 17.2 Å². The van der Waals surface area contributed by atoms with Crippen LogP contribution in [0.4, 0.5) is 11.5 Å². The van der Waals surface area contributed by atoms with E-state index in [1.54, 1.807) is 10.8 Å². The molecule has 2 heterocycles. The van der Waals surface area contributed by atoms with Gasteiger partial charge in [-0.15, -0.1) is 0 Å². The van der Waals surface area contributed by atoms with Crippen LogP contribution in [0.25, 0.3) is 0 Å². The van der Waals surface area contributed by atoms with Gasteiger partial charge in [-0.2, -0.15) is 4.98 Å². The molecule has 1 aromatic heterocycles. The average Bonchev–Trinajstić information content (AvgIpc) is 2.90. The second-order valence-corrected chi connectivity index (χ2v) is 9.15. The van der Waals surface area contributed by atoms with Crippen LogP contribution in [-0.2, 0) is 11.3 Å². The molecule has 35 heavy (non-hydrogen) atoms. The van der Waals surface area contributed by atoms with Crippen molar-refractivity contribution in [2.24, 2.45) is 11.7 Å². The van der Waals surface area contributed by atoms with E-state index in [2.05, 4.69) is 10.3 Å². The summed E-state index contributed by atoms with van der Waals surface area (Å²) in [5.41, 5.74) is 7.38. The van der Waals surface area contributed by atoms with Crippen LogP contribution in [0.2, 0.25) is 0 Å². The first-order valence-corrected chi connectivity index (χ1v) is 12.4. The quantitative estimate of drug-likeness (QED) is 0.336. The van der Waals surface area contributed by atoms with Gasteiger partial charge in [-0.1, -0.05) is 36.4 Å². The number of benzene rings is 2. The predicted octanol–water partition coefficient (Wildman–Crippen LogP) is 4.77. The number of nitrogens with zero attached hydrogens (tertiary/aromatic N) is 2. The smallest absolute Gasteiger partial charge is 0.350 e. The number of hydrogen-bond donors (Lipinski definition) is 2. The number of nitrogens with two attached hydrogens (primary N) is 1. The summed E-state index contributed by atoms with van der Waals surface area (Å²) in [4.78, 5) is 17.1. The SMILES string of the molecule is NCC1CCC(n2cc3c(nc2=O)Nc2c(OCCCOCc4ccccc4)cccc2O3)CC1. The van der Waals surface area contributed by atoms with Crippen LogP contribution in [0.1, 0.15) is 43.7 Å². The van der Waals surface area contributed by atoms with E-state index in [0.717, 1.165) is 37.7 Å². The highest BCUT2D eigenvalue weighted by molar-refractivity contribution is 5.77. The van der Waals surface area contributed by atoms with E-state index in [4.69, 9.17) is 19.9 Å². The third-order valence-electron chi connectivity index (χ3n) is 6.71. The van der Waals surface area contributed by atoms with E-state index >= 15 is 0 Å². The van der Waals surface area contributed by atoms with Crippen molar-refractivity contribution in [3.05, 3.63) is 70.8 Å². The van der Waals surface area contributed by atoms with Crippen LogP contribution in [0.15, 0.2) is 59.5 Å². The lowest BCUT2D eigenvalue weighted by Crippen LogP contribution is -2.31. The summed E-state index contributed by atoms with van der Waals surface area (Å²) in [5, 5.41) is 3.25. The van der Waals surface area contributed by atoms with Crippen molar-refractivity contribution in [2.45, 2.75) is 44.8 Å². The standard InChI is InChI=1S/C27H32N4O4/c28-16-19-10-12-21(13-11-19)31-17-24-26(30-27(31)32)29-25-22(8-4-9-23(25)35-24)34-15-5-14-33-18-20-6-2-1-3-7-20/h1-4,6-9,17,19,21H,5,10-16,18,28H2,(H,29,30,32). The zero-order valence-corrected chi connectivity index (χ0v) is 19.8. The highest BCUT2D eigenvalue weighted by atomic mass is 16.5. The Kier molecular flexibility index (Phi) is 7.30. The van der Waals surface area contributed by atoms with E-state index in [0.29, 0.717) is 61.0 Å². The van der Waals surface area contributed by atoms with Gasteiger partial charge in [0.25, 0.3) is 0 Å². The van der Waals surface area contributed by atoms with Crippen molar-refractivity contribution in [1.29, 1.82) is 0 Å². The van der Waals surface area contributed by atoms with Crippen LogP contribution < -0.4 is 26.2 Å². The van der Waals surface area contributed by atoms with Crippen molar-refractivity contribution in [3.8, 4) is 17.2 Å². The van der Waals surface area contributed by atoms with Crippen molar-refractivity contribution in [2.75, 3.05) is 25.1 Å². The molecule has 0 saturated heterocycles. The summed E-state index contributed by atoms with van der Waals surface area (Å²) in [6, 6.07) is 15.9. The monoisotopic (exact) mass is 476 g/mol. The molecule has 1 aliphatic carbocycles. The summed E-state index contributed by atoms with van der Waals surface area (Å²) in [6.07, 6.45) is 6.46. The number of aromatic nitrogens is 2. The van der Waals surface area contributed by atoms with Gasteiger partial charge in [-0.3, -0.25) is 4.57 Å². The van der Waals surface area contributed by atoms with E-state index < -0.39 is 0 Å². The molecule has 0 amide bonds. The number of anilines is 2. The maximum atomic E-state index is 12.8. The number of hydrogen-bond acceptors (Lipinski definition) is 7. The minimum absolute atomic E-state index is 0.131. The summed E-state index contributed by atoms with van der Waals surface area (Å²) in [7, 11) is 0. The lowest BCUT2D eigenvalue weighted by molar-refractivity contribution is 0.107. The molecule has 5 rings (SSSR count). The van der Waals surface area contributed by atoms with Gasteiger partial charge < -0.3 is 25.3 Å². The Morgan fingerprint density at radius 1 is 1.03 bits per heavy atom. The number of para-hydroxylation sites is 1. The van der Waals surface area contributed by atoms with E-state index in [1.165, 1.54) is 0 Å². The van der Waals surface area contributed by atoms with Crippen LogP contribution in [-0.4, -0.2) is 29.3 Å². The second-order valence-electron chi connectivity index (χ2n) is 9.15. The molecule has 3 aromatic rings. The zero-order valence-electron chi connectivity index (χ0n) is 19.8. The van der Waals surface area contributed by atoms with Gasteiger partial charge in [0.05, 0.1) is 26.0 Å². The van der Waals surface area contributed by atoms with Crippen molar-refractivity contribution in [1.82, 2.24) is 9.55 Å². The fourth-order valence-electron chi connectivity index (χ4n) is 4.72. The van der Waals surface area contributed by atoms with Crippen LogP contribution in [0.3, 0.4) is 0 Å². The molecule has 1 fully saturated rings. The van der Waals surface area contributed by atoms with Gasteiger partial charge in [0.2, 0.25) is 0 Å². The van der Waals surface area contributed by atoms with Gasteiger partial charge in [0.15, 0.2) is 17.3 Å². The first-order chi connectivity index (χ1) is 17.2. The Labute approximate surface area is 205 Å². The number of rotatable bonds is 9. The highest BCUT2D eigenvalue weighted by Crippen LogP contribution is 2.45. The molecule has 0 radical (unpaired) electrons. The molecule has 2 aliphatic rings. The van der Waals surface area contributed by atoms with E-state index in [9.17, 15) is 4.79 Å². The largest absolute Gasteiger partial charge is 0.491 e. The van der Waals surface area contributed by atoms with Gasteiger partial charge in [-0.05, 0) is 55.8 Å². The van der Waals surface area contributed by atoms with Crippen LogP contribution in [0, 0.1) is 5.92 Å². The summed E-state index contributed by atoms with van der Waals surface area (Å²) >= 11 is 0. The van der Waals surface area contributed by atoms with E-state index in [-0.39, 0.29) is 11.7 Å².